The smallest absolute Gasteiger partial charge is 0.239 e. The van der Waals surface area contributed by atoms with Gasteiger partial charge in [0.15, 0.2) is 0 Å². The van der Waals surface area contributed by atoms with Crippen molar-refractivity contribution in [2.75, 3.05) is 23.7 Å². The van der Waals surface area contributed by atoms with Crippen molar-refractivity contribution in [3.8, 4) is 0 Å². The second-order valence-electron chi connectivity index (χ2n) is 4.29. The van der Waals surface area contributed by atoms with E-state index in [1.54, 1.807) is 12.3 Å². The first kappa shape index (κ1) is 13.4. The minimum atomic E-state index is -0.238. The van der Waals surface area contributed by atoms with Crippen LogP contribution in [0.3, 0.4) is 0 Å². The first-order valence-electron chi connectivity index (χ1n) is 5.81. The molecule has 5 heteroatoms. The van der Waals surface area contributed by atoms with Gasteiger partial charge >= 0.3 is 0 Å². The van der Waals surface area contributed by atoms with Crippen molar-refractivity contribution >= 4 is 17.4 Å². The molecule has 1 amide bonds. The number of hydrogen-bond donors (Lipinski definition) is 3. The van der Waals surface area contributed by atoms with E-state index in [1.165, 1.54) is 0 Å². The second-order valence-corrected chi connectivity index (χ2v) is 4.29. The molecule has 1 aromatic rings. The summed E-state index contributed by atoms with van der Waals surface area (Å²) >= 11 is 0. The highest BCUT2D eigenvalue weighted by Crippen LogP contribution is 2.10. The molecule has 0 spiro atoms. The zero-order valence-electron chi connectivity index (χ0n) is 10.4. The first-order chi connectivity index (χ1) is 8.11. The third-order valence-corrected chi connectivity index (χ3v) is 2.27. The number of carbonyl (C=O) groups excluding carboxylic acids is 1. The Bertz CT molecular complexity index is 348. The van der Waals surface area contributed by atoms with Crippen LogP contribution >= 0.6 is 0 Å². The Kier molecular flexibility index (Phi) is 5.42. The van der Waals surface area contributed by atoms with Gasteiger partial charge in [0.2, 0.25) is 5.91 Å². The number of nitrogens with zero attached hydrogens (tertiary/aromatic N) is 1. The molecule has 0 aliphatic heterocycles. The third-order valence-electron chi connectivity index (χ3n) is 2.27. The molecule has 1 rings (SSSR count). The summed E-state index contributed by atoms with van der Waals surface area (Å²) < 4.78 is 0. The summed E-state index contributed by atoms with van der Waals surface area (Å²) in [7, 11) is 0. The monoisotopic (exact) mass is 236 g/mol. The molecule has 1 heterocycles. The zero-order valence-corrected chi connectivity index (χ0v) is 10.4. The number of anilines is 2. The SMILES string of the molecule is CC(C)CCNc1ccc(NC(=O)CN)nc1. The fourth-order valence-corrected chi connectivity index (χ4v) is 1.27. The summed E-state index contributed by atoms with van der Waals surface area (Å²) in [5.74, 6) is 0.964. The van der Waals surface area contributed by atoms with Gasteiger partial charge < -0.3 is 16.4 Å². The summed E-state index contributed by atoms with van der Waals surface area (Å²) in [5, 5.41) is 5.86. The number of aromatic nitrogens is 1. The number of hydrogen-bond acceptors (Lipinski definition) is 4. The van der Waals surface area contributed by atoms with Gasteiger partial charge in [-0.25, -0.2) is 4.98 Å². The van der Waals surface area contributed by atoms with E-state index in [1.807, 2.05) is 6.07 Å². The molecule has 4 N–H and O–H groups in total. The van der Waals surface area contributed by atoms with Crippen LogP contribution in [0.2, 0.25) is 0 Å². The summed E-state index contributed by atoms with van der Waals surface area (Å²) in [4.78, 5) is 15.1. The third kappa shape index (κ3) is 5.31. The molecule has 0 bridgehead atoms. The largest absolute Gasteiger partial charge is 0.384 e. The lowest BCUT2D eigenvalue weighted by Gasteiger charge is -2.08. The van der Waals surface area contributed by atoms with E-state index < -0.39 is 0 Å². The lowest BCUT2D eigenvalue weighted by Crippen LogP contribution is -2.22. The van der Waals surface area contributed by atoms with Gasteiger partial charge in [0.05, 0.1) is 18.4 Å². The zero-order chi connectivity index (χ0) is 12.7. The molecule has 0 unspecified atom stereocenters. The van der Waals surface area contributed by atoms with Gasteiger partial charge in [0.1, 0.15) is 5.82 Å². The number of nitrogens with one attached hydrogen (secondary N) is 2. The van der Waals surface area contributed by atoms with E-state index in [0.717, 1.165) is 18.7 Å². The van der Waals surface area contributed by atoms with Crippen LogP contribution in [0.4, 0.5) is 11.5 Å². The molecule has 0 saturated carbocycles. The van der Waals surface area contributed by atoms with E-state index in [2.05, 4.69) is 29.5 Å². The maximum Gasteiger partial charge on any atom is 0.239 e. The van der Waals surface area contributed by atoms with Crippen LogP contribution in [-0.4, -0.2) is 24.0 Å². The number of rotatable bonds is 6. The number of nitrogens with two attached hydrogens (primary N) is 1. The van der Waals surface area contributed by atoms with Gasteiger partial charge in [-0.1, -0.05) is 13.8 Å². The van der Waals surface area contributed by atoms with E-state index in [9.17, 15) is 4.79 Å². The highest BCUT2D eigenvalue weighted by molar-refractivity contribution is 5.91. The summed E-state index contributed by atoms with van der Waals surface area (Å²) in [6.45, 7) is 5.26. The number of pyridine rings is 1. The summed E-state index contributed by atoms with van der Waals surface area (Å²) in [5.41, 5.74) is 6.15. The molecule has 94 valence electrons. The van der Waals surface area contributed by atoms with Gasteiger partial charge in [0, 0.05) is 6.54 Å². The minimum Gasteiger partial charge on any atom is -0.384 e. The lowest BCUT2D eigenvalue weighted by molar-refractivity contribution is -0.114. The predicted molar refractivity (Wildman–Crippen MR) is 69.9 cm³/mol. The average Bonchev–Trinajstić information content (AvgIpc) is 2.31. The molecule has 0 aliphatic rings. The first-order valence-corrected chi connectivity index (χ1v) is 5.81. The fourth-order valence-electron chi connectivity index (χ4n) is 1.27. The molecule has 17 heavy (non-hydrogen) atoms. The van der Waals surface area contributed by atoms with Crippen LogP contribution < -0.4 is 16.4 Å². The van der Waals surface area contributed by atoms with E-state index >= 15 is 0 Å². The molecule has 0 saturated heterocycles. The van der Waals surface area contributed by atoms with Crippen molar-refractivity contribution in [1.82, 2.24) is 4.98 Å². The molecule has 0 fully saturated rings. The summed E-state index contributed by atoms with van der Waals surface area (Å²) in [6.07, 6.45) is 2.82. The van der Waals surface area contributed by atoms with Crippen molar-refractivity contribution in [3.05, 3.63) is 18.3 Å². The molecule has 0 radical (unpaired) electrons. The van der Waals surface area contributed by atoms with Gasteiger partial charge in [-0.05, 0) is 24.5 Å². The number of amides is 1. The maximum absolute atomic E-state index is 11.0. The van der Waals surface area contributed by atoms with Crippen LogP contribution in [0.25, 0.3) is 0 Å². The van der Waals surface area contributed by atoms with Gasteiger partial charge in [0.25, 0.3) is 0 Å². The maximum atomic E-state index is 11.0. The molecule has 0 aromatic carbocycles. The van der Waals surface area contributed by atoms with Gasteiger partial charge in [-0.15, -0.1) is 0 Å². The van der Waals surface area contributed by atoms with E-state index in [-0.39, 0.29) is 12.5 Å². The Labute approximate surface area is 102 Å². The van der Waals surface area contributed by atoms with E-state index in [0.29, 0.717) is 11.7 Å². The lowest BCUT2D eigenvalue weighted by atomic mass is 10.1. The minimum absolute atomic E-state index is 0.0317. The van der Waals surface area contributed by atoms with Crippen molar-refractivity contribution in [3.63, 3.8) is 0 Å². The second kappa shape index (κ2) is 6.85. The summed E-state index contributed by atoms with van der Waals surface area (Å²) in [6, 6.07) is 3.64. The Balaban J connectivity index is 2.42. The van der Waals surface area contributed by atoms with Crippen molar-refractivity contribution < 1.29 is 4.79 Å². The molecule has 1 aromatic heterocycles. The Morgan fingerprint density at radius 1 is 1.47 bits per heavy atom. The Morgan fingerprint density at radius 2 is 2.24 bits per heavy atom. The quantitative estimate of drug-likeness (QED) is 0.698. The van der Waals surface area contributed by atoms with Crippen molar-refractivity contribution in [1.29, 1.82) is 0 Å². The average molecular weight is 236 g/mol. The van der Waals surface area contributed by atoms with Crippen LogP contribution in [0.15, 0.2) is 18.3 Å². The van der Waals surface area contributed by atoms with Crippen LogP contribution in [-0.2, 0) is 4.79 Å². The number of carbonyl (C=O) groups is 1. The van der Waals surface area contributed by atoms with Gasteiger partial charge in [-0.3, -0.25) is 4.79 Å². The van der Waals surface area contributed by atoms with Crippen LogP contribution in [0.5, 0.6) is 0 Å². The van der Waals surface area contributed by atoms with Gasteiger partial charge in [-0.2, -0.15) is 0 Å². The Hall–Kier alpha value is -1.62. The normalized spacial score (nSPS) is 10.4. The standard InChI is InChI=1S/C12H20N4O/c1-9(2)5-6-14-10-3-4-11(15-8-10)16-12(17)7-13/h3-4,8-9,14H,5-7,13H2,1-2H3,(H,15,16,17). The molecule has 0 aliphatic carbocycles. The fraction of sp³-hybridized carbons (Fsp3) is 0.500. The predicted octanol–water partition coefficient (Wildman–Crippen LogP) is 1.44. The topological polar surface area (TPSA) is 80.0 Å². The van der Waals surface area contributed by atoms with E-state index in [4.69, 9.17) is 5.73 Å². The van der Waals surface area contributed by atoms with Crippen LogP contribution in [0, 0.1) is 5.92 Å². The van der Waals surface area contributed by atoms with Crippen LogP contribution in [0.1, 0.15) is 20.3 Å². The molecular weight excluding hydrogens is 216 g/mol. The molecule has 0 atom stereocenters. The van der Waals surface area contributed by atoms with Crippen molar-refractivity contribution in [2.24, 2.45) is 11.7 Å². The highest BCUT2D eigenvalue weighted by atomic mass is 16.1. The highest BCUT2D eigenvalue weighted by Gasteiger charge is 2.00. The molecule has 5 nitrogen and oxygen atoms in total. The van der Waals surface area contributed by atoms with Crippen molar-refractivity contribution in [2.45, 2.75) is 20.3 Å². The Morgan fingerprint density at radius 3 is 2.76 bits per heavy atom. The molecular formula is C12H20N4O.